The maximum atomic E-state index is 10.9. The fourth-order valence-electron chi connectivity index (χ4n) is 0.653. The van der Waals surface area contributed by atoms with E-state index in [9.17, 15) is 18.0 Å². The topological polar surface area (TPSA) is 116 Å². The van der Waals surface area contributed by atoms with E-state index in [0.29, 0.717) is 4.31 Å². The Kier molecular flexibility index (Phi) is 5.19. The quantitative estimate of drug-likeness (QED) is 0.547. The van der Waals surface area contributed by atoms with Crippen molar-refractivity contribution in [2.24, 2.45) is 5.14 Å². The number of hydrogen-bond donors (Lipinski definition) is 1. The summed E-state index contributed by atoms with van der Waals surface area (Å²) in [6.07, 6.45) is 0. The molecule has 0 aromatic carbocycles. The monoisotopic (exact) mass is 240 g/mol. The molecule has 0 bridgehead atoms. The van der Waals surface area contributed by atoms with Crippen molar-refractivity contribution in [2.75, 3.05) is 27.3 Å². The van der Waals surface area contributed by atoms with Gasteiger partial charge < -0.3 is 9.47 Å². The van der Waals surface area contributed by atoms with Crippen LogP contribution in [-0.2, 0) is 29.3 Å². The van der Waals surface area contributed by atoms with Crippen LogP contribution in [0.4, 0.5) is 0 Å². The normalized spacial score (nSPS) is 11.2. The molecule has 0 radical (unpaired) electrons. The van der Waals surface area contributed by atoms with E-state index in [-0.39, 0.29) is 0 Å². The molecular weight excluding hydrogens is 228 g/mol. The lowest BCUT2D eigenvalue weighted by atomic mass is 10.6. The number of carbonyl (C=O) groups is 2. The summed E-state index contributed by atoms with van der Waals surface area (Å²) in [7, 11) is -1.97. The van der Waals surface area contributed by atoms with Gasteiger partial charge in [0.15, 0.2) is 0 Å². The SMILES string of the molecule is COC(=O)CN(CC(=O)OC)S(N)(=O)=O. The average Bonchev–Trinajstić information content (AvgIpc) is 2.14. The van der Waals surface area contributed by atoms with Gasteiger partial charge in [-0.15, -0.1) is 0 Å². The average molecular weight is 240 g/mol. The van der Waals surface area contributed by atoms with Crippen molar-refractivity contribution in [3.63, 3.8) is 0 Å². The molecule has 0 rings (SSSR count). The highest BCUT2D eigenvalue weighted by molar-refractivity contribution is 7.86. The molecule has 0 aliphatic heterocycles. The molecule has 0 heterocycles. The van der Waals surface area contributed by atoms with Crippen molar-refractivity contribution in [1.29, 1.82) is 0 Å². The zero-order valence-electron chi connectivity index (χ0n) is 8.30. The van der Waals surface area contributed by atoms with E-state index in [4.69, 9.17) is 5.14 Å². The zero-order valence-corrected chi connectivity index (χ0v) is 9.11. The molecule has 0 aliphatic rings. The van der Waals surface area contributed by atoms with Crippen LogP contribution < -0.4 is 5.14 Å². The Morgan fingerprint density at radius 1 is 1.13 bits per heavy atom. The van der Waals surface area contributed by atoms with Gasteiger partial charge >= 0.3 is 11.9 Å². The van der Waals surface area contributed by atoms with Crippen LogP contribution in [0.5, 0.6) is 0 Å². The van der Waals surface area contributed by atoms with Crippen molar-refractivity contribution in [3.8, 4) is 0 Å². The number of nitrogens with two attached hydrogens (primary N) is 1. The van der Waals surface area contributed by atoms with Gasteiger partial charge in [-0.2, -0.15) is 12.7 Å². The molecule has 9 heteroatoms. The zero-order chi connectivity index (χ0) is 12.1. The highest BCUT2D eigenvalue weighted by atomic mass is 32.2. The van der Waals surface area contributed by atoms with Gasteiger partial charge in [0.05, 0.1) is 14.2 Å². The Balaban J connectivity index is 4.61. The van der Waals surface area contributed by atoms with Gasteiger partial charge in [-0.1, -0.05) is 0 Å². The Labute approximate surface area is 87.1 Å². The third-order valence-electron chi connectivity index (χ3n) is 1.43. The number of hydrogen-bond acceptors (Lipinski definition) is 6. The lowest BCUT2D eigenvalue weighted by Crippen LogP contribution is -2.43. The van der Waals surface area contributed by atoms with E-state index in [1.165, 1.54) is 0 Å². The fourth-order valence-corrected chi connectivity index (χ4v) is 1.22. The van der Waals surface area contributed by atoms with Crippen LogP contribution in [0, 0.1) is 0 Å². The molecule has 0 spiro atoms. The number of esters is 2. The summed E-state index contributed by atoms with van der Waals surface area (Å²) >= 11 is 0. The van der Waals surface area contributed by atoms with Crippen LogP contribution in [0.1, 0.15) is 0 Å². The van der Waals surface area contributed by atoms with Crippen LogP contribution in [0.15, 0.2) is 0 Å². The predicted molar refractivity (Wildman–Crippen MR) is 48.7 cm³/mol. The molecule has 0 aromatic heterocycles. The first-order chi connectivity index (χ1) is 6.81. The van der Waals surface area contributed by atoms with Gasteiger partial charge in [-0.05, 0) is 0 Å². The van der Waals surface area contributed by atoms with Gasteiger partial charge in [0.25, 0.3) is 10.2 Å². The smallest absolute Gasteiger partial charge is 0.321 e. The minimum absolute atomic E-state index is 0.449. The van der Waals surface area contributed by atoms with Crippen LogP contribution in [0.2, 0.25) is 0 Å². The van der Waals surface area contributed by atoms with Crippen molar-refractivity contribution in [3.05, 3.63) is 0 Å². The van der Waals surface area contributed by atoms with E-state index >= 15 is 0 Å². The largest absolute Gasteiger partial charge is 0.468 e. The highest BCUT2D eigenvalue weighted by Gasteiger charge is 2.24. The fraction of sp³-hybridized carbons (Fsp3) is 0.667. The lowest BCUT2D eigenvalue weighted by Gasteiger charge is -2.16. The number of rotatable bonds is 5. The van der Waals surface area contributed by atoms with Crippen LogP contribution in [0.3, 0.4) is 0 Å². The molecular formula is C6H12N2O6S. The van der Waals surface area contributed by atoms with Crippen LogP contribution >= 0.6 is 0 Å². The molecule has 2 N–H and O–H groups in total. The number of ether oxygens (including phenoxy) is 2. The minimum Gasteiger partial charge on any atom is -0.468 e. The van der Waals surface area contributed by atoms with Gasteiger partial charge in [0, 0.05) is 0 Å². The first-order valence-electron chi connectivity index (χ1n) is 3.72. The van der Waals surface area contributed by atoms with Crippen molar-refractivity contribution in [1.82, 2.24) is 4.31 Å². The maximum Gasteiger partial charge on any atom is 0.321 e. The molecule has 0 fully saturated rings. The van der Waals surface area contributed by atoms with Crippen LogP contribution in [0.25, 0.3) is 0 Å². The van der Waals surface area contributed by atoms with Gasteiger partial charge in [0.2, 0.25) is 0 Å². The van der Waals surface area contributed by atoms with E-state index in [1.54, 1.807) is 0 Å². The van der Waals surface area contributed by atoms with Gasteiger partial charge in [-0.25, -0.2) is 5.14 Å². The van der Waals surface area contributed by atoms with E-state index in [2.05, 4.69) is 9.47 Å². The second-order valence-corrected chi connectivity index (χ2v) is 4.01. The Morgan fingerprint density at radius 3 is 1.67 bits per heavy atom. The maximum absolute atomic E-state index is 10.9. The number of carbonyl (C=O) groups excluding carboxylic acids is 2. The van der Waals surface area contributed by atoms with Gasteiger partial charge in [0.1, 0.15) is 13.1 Å². The molecule has 0 unspecified atom stereocenters. The number of nitrogens with zero attached hydrogens (tertiary/aromatic N) is 1. The summed E-state index contributed by atoms with van der Waals surface area (Å²) in [5.41, 5.74) is 0. The molecule has 0 amide bonds. The molecule has 0 aromatic rings. The predicted octanol–water partition coefficient (Wildman–Crippen LogP) is -2.16. The summed E-state index contributed by atoms with van der Waals surface area (Å²) in [5, 5.41) is 4.77. The molecule has 0 saturated carbocycles. The summed E-state index contributed by atoms with van der Waals surface area (Å²) in [5.74, 6) is -1.65. The Morgan fingerprint density at radius 2 is 1.47 bits per heavy atom. The second-order valence-electron chi connectivity index (χ2n) is 2.47. The third kappa shape index (κ3) is 5.30. The van der Waals surface area contributed by atoms with E-state index < -0.39 is 35.2 Å². The van der Waals surface area contributed by atoms with Crippen molar-refractivity contribution in [2.45, 2.75) is 0 Å². The molecule has 88 valence electrons. The Bertz CT molecular complexity index is 320. The highest BCUT2D eigenvalue weighted by Crippen LogP contribution is 1.96. The van der Waals surface area contributed by atoms with E-state index in [1.807, 2.05) is 0 Å². The third-order valence-corrected chi connectivity index (χ3v) is 2.40. The van der Waals surface area contributed by atoms with Crippen molar-refractivity contribution < 1.29 is 27.5 Å². The molecule has 15 heavy (non-hydrogen) atoms. The van der Waals surface area contributed by atoms with Crippen molar-refractivity contribution >= 4 is 22.1 Å². The summed E-state index contributed by atoms with van der Waals surface area (Å²) in [6.45, 7) is -1.27. The summed E-state index contributed by atoms with van der Waals surface area (Å²) in [4.78, 5) is 21.6. The van der Waals surface area contributed by atoms with Gasteiger partial charge in [-0.3, -0.25) is 9.59 Å². The first kappa shape index (κ1) is 13.8. The Hall–Kier alpha value is -1.19. The standard InChI is InChI=1S/C6H12N2O6S/c1-13-5(9)3-8(15(7,11)12)4-6(10)14-2/h3-4H2,1-2H3,(H2,7,11,12). The first-order valence-corrected chi connectivity index (χ1v) is 5.23. The second kappa shape index (κ2) is 5.63. The van der Waals surface area contributed by atoms with E-state index in [0.717, 1.165) is 14.2 Å². The lowest BCUT2D eigenvalue weighted by molar-refractivity contribution is -0.143. The molecule has 0 aliphatic carbocycles. The molecule has 0 atom stereocenters. The molecule has 8 nitrogen and oxygen atoms in total. The summed E-state index contributed by atoms with van der Waals surface area (Å²) < 4.78 is 30.8. The summed E-state index contributed by atoms with van der Waals surface area (Å²) in [6, 6.07) is 0. The minimum atomic E-state index is -4.14. The van der Waals surface area contributed by atoms with Crippen LogP contribution in [-0.4, -0.2) is 52.0 Å². The number of methoxy groups -OCH3 is 2. The molecule has 0 saturated heterocycles.